The quantitative estimate of drug-likeness (QED) is 0.366. The van der Waals surface area contributed by atoms with Gasteiger partial charge in [0, 0.05) is 24.0 Å². The van der Waals surface area contributed by atoms with Gasteiger partial charge in [0.15, 0.2) is 0 Å². The van der Waals surface area contributed by atoms with Crippen LogP contribution in [0.3, 0.4) is 0 Å². The summed E-state index contributed by atoms with van der Waals surface area (Å²) in [7, 11) is 1.75. The summed E-state index contributed by atoms with van der Waals surface area (Å²) in [6, 6.07) is 23.9. The van der Waals surface area contributed by atoms with E-state index in [2.05, 4.69) is 21.2 Å². The minimum Gasteiger partial charge on any atom is -0.313 e. The van der Waals surface area contributed by atoms with Gasteiger partial charge in [0.1, 0.15) is 0 Å². The number of urea groups is 1. The number of nitrogens with one attached hydrogen (secondary N) is 4. The van der Waals surface area contributed by atoms with Crippen molar-refractivity contribution in [2.45, 2.75) is 6.92 Å². The average Bonchev–Trinajstić information content (AvgIpc) is 2.75. The molecule has 0 aliphatic rings. The summed E-state index contributed by atoms with van der Waals surface area (Å²) < 4.78 is 0. The molecule has 0 fully saturated rings. The lowest BCUT2D eigenvalue weighted by Gasteiger charge is -2.10. The molecule has 6 heteroatoms. The third kappa shape index (κ3) is 5.29. The number of hydrogen-bond acceptors (Lipinski definition) is 4. The molecule has 29 heavy (non-hydrogen) atoms. The highest BCUT2D eigenvalue weighted by atomic mass is 16.2. The predicted molar refractivity (Wildman–Crippen MR) is 119 cm³/mol. The van der Waals surface area contributed by atoms with E-state index >= 15 is 0 Å². The van der Waals surface area contributed by atoms with E-state index in [-0.39, 0.29) is 6.03 Å². The van der Waals surface area contributed by atoms with E-state index in [0.29, 0.717) is 17.1 Å². The highest BCUT2D eigenvalue weighted by Gasteiger charge is 2.07. The minimum absolute atomic E-state index is 0.329. The van der Waals surface area contributed by atoms with Crippen LogP contribution in [-0.2, 0) is 0 Å². The van der Waals surface area contributed by atoms with Gasteiger partial charge in [-0.1, -0.05) is 54.6 Å². The number of amides is 2. The molecule has 0 radical (unpaired) electrons. The van der Waals surface area contributed by atoms with Gasteiger partial charge in [-0.2, -0.15) is 5.10 Å². The Morgan fingerprint density at radius 2 is 1.24 bits per heavy atom. The Hall–Kier alpha value is -3.93. The first-order chi connectivity index (χ1) is 14.1. The second-order valence-corrected chi connectivity index (χ2v) is 6.40. The molecule has 4 N–H and O–H groups in total. The molecular weight excluding hydrogens is 362 g/mol. The van der Waals surface area contributed by atoms with E-state index in [1.165, 1.54) is 0 Å². The van der Waals surface area contributed by atoms with Crippen molar-refractivity contribution in [2.24, 2.45) is 5.10 Å². The first kappa shape index (κ1) is 19.8. The van der Waals surface area contributed by atoms with E-state index in [4.69, 9.17) is 5.41 Å². The topological polar surface area (TPSA) is 89.4 Å². The van der Waals surface area contributed by atoms with Crippen molar-refractivity contribution in [2.75, 3.05) is 17.7 Å². The molecule has 2 amide bonds. The Balaban J connectivity index is 1.59. The van der Waals surface area contributed by atoms with Crippen LogP contribution in [0.25, 0.3) is 0 Å². The molecule has 0 saturated carbocycles. The fourth-order valence-corrected chi connectivity index (χ4v) is 2.81. The van der Waals surface area contributed by atoms with Crippen LogP contribution >= 0.6 is 0 Å². The number of hydrazone groups is 1. The van der Waals surface area contributed by atoms with Crippen LogP contribution in [0.15, 0.2) is 84.0 Å². The van der Waals surface area contributed by atoms with Gasteiger partial charge in [-0.05, 0) is 42.3 Å². The first-order valence-corrected chi connectivity index (χ1v) is 9.20. The van der Waals surface area contributed by atoms with Gasteiger partial charge >= 0.3 is 6.03 Å². The van der Waals surface area contributed by atoms with Gasteiger partial charge < -0.3 is 16.1 Å². The molecule has 3 rings (SSSR count). The molecule has 0 atom stereocenters. The third-order valence-corrected chi connectivity index (χ3v) is 4.33. The lowest BCUT2D eigenvalue weighted by atomic mass is 10.0. The number of rotatable bonds is 6. The summed E-state index contributed by atoms with van der Waals surface area (Å²) >= 11 is 0. The Kier molecular flexibility index (Phi) is 6.37. The Morgan fingerprint density at radius 1 is 0.759 bits per heavy atom. The largest absolute Gasteiger partial charge is 0.323 e. The Morgan fingerprint density at radius 3 is 1.76 bits per heavy atom. The molecule has 0 aromatic heterocycles. The molecule has 3 aromatic carbocycles. The standard InChI is InChI=1S/C23H23N5O/c1-16(28-25-2)17-8-12-20(13-9-17)26-23(29)27-21-14-10-19(11-15-21)22(24)18-6-4-3-5-7-18/h3-15,24-25H,1-2H3,(H2,26,27,29)/b24-22?,28-16+. The zero-order valence-corrected chi connectivity index (χ0v) is 16.4. The van der Waals surface area contributed by atoms with E-state index in [1.807, 2.05) is 73.7 Å². The second kappa shape index (κ2) is 9.32. The molecule has 0 aliphatic carbocycles. The van der Waals surface area contributed by atoms with Gasteiger partial charge in [0.2, 0.25) is 0 Å². The van der Waals surface area contributed by atoms with Gasteiger partial charge in [0.05, 0.1) is 11.4 Å². The minimum atomic E-state index is -0.329. The molecule has 0 heterocycles. The number of nitrogens with zero attached hydrogens (tertiary/aromatic N) is 1. The highest BCUT2D eigenvalue weighted by Crippen LogP contribution is 2.15. The van der Waals surface area contributed by atoms with Gasteiger partial charge in [-0.15, -0.1) is 0 Å². The summed E-state index contributed by atoms with van der Waals surface area (Å²) in [5, 5.41) is 18.0. The number of anilines is 2. The van der Waals surface area contributed by atoms with Crippen LogP contribution in [0.2, 0.25) is 0 Å². The summed E-state index contributed by atoms with van der Waals surface area (Å²) in [5.74, 6) is 0. The molecule has 0 aliphatic heterocycles. The van der Waals surface area contributed by atoms with Gasteiger partial charge in [0.25, 0.3) is 0 Å². The molecule has 0 saturated heterocycles. The lowest BCUT2D eigenvalue weighted by molar-refractivity contribution is 0.262. The first-order valence-electron chi connectivity index (χ1n) is 9.20. The molecule has 0 spiro atoms. The number of carbonyl (C=O) groups excluding carboxylic acids is 1. The van der Waals surface area contributed by atoms with Crippen LogP contribution in [-0.4, -0.2) is 24.5 Å². The van der Waals surface area contributed by atoms with Crippen LogP contribution in [0.4, 0.5) is 16.2 Å². The maximum Gasteiger partial charge on any atom is 0.323 e. The molecule has 3 aromatic rings. The smallest absolute Gasteiger partial charge is 0.313 e. The van der Waals surface area contributed by atoms with Crippen molar-refractivity contribution in [3.8, 4) is 0 Å². The maximum atomic E-state index is 12.2. The summed E-state index contributed by atoms with van der Waals surface area (Å²) in [4.78, 5) is 12.2. The molecular formula is C23H23N5O. The van der Waals surface area contributed by atoms with E-state index in [1.54, 1.807) is 19.2 Å². The Labute approximate surface area is 170 Å². The summed E-state index contributed by atoms with van der Waals surface area (Å²) in [6.07, 6.45) is 0. The van der Waals surface area contributed by atoms with Gasteiger partial charge in [-0.3, -0.25) is 5.41 Å². The van der Waals surface area contributed by atoms with Crippen molar-refractivity contribution < 1.29 is 4.79 Å². The lowest BCUT2D eigenvalue weighted by Crippen LogP contribution is -2.19. The third-order valence-electron chi connectivity index (χ3n) is 4.33. The maximum absolute atomic E-state index is 12.2. The second-order valence-electron chi connectivity index (χ2n) is 6.40. The van der Waals surface area contributed by atoms with Crippen molar-refractivity contribution in [3.63, 3.8) is 0 Å². The number of benzene rings is 3. The fraction of sp³-hybridized carbons (Fsp3) is 0.0870. The normalized spacial score (nSPS) is 10.9. The van der Waals surface area contributed by atoms with Crippen LogP contribution in [0.1, 0.15) is 23.6 Å². The summed E-state index contributed by atoms with van der Waals surface area (Å²) in [5.41, 5.74) is 8.02. The molecule has 0 unspecified atom stereocenters. The number of hydrogen-bond donors (Lipinski definition) is 4. The van der Waals surface area contributed by atoms with Crippen LogP contribution < -0.4 is 16.1 Å². The average molecular weight is 385 g/mol. The monoisotopic (exact) mass is 385 g/mol. The SMILES string of the molecule is CN/N=C(\C)c1ccc(NC(=O)Nc2ccc(C(=N)c3ccccc3)cc2)cc1. The Bertz CT molecular complexity index is 1010. The van der Waals surface area contributed by atoms with E-state index < -0.39 is 0 Å². The van der Waals surface area contributed by atoms with Crippen molar-refractivity contribution >= 4 is 28.8 Å². The predicted octanol–water partition coefficient (Wildman–Crippen LogP) is 4.69. The fourth-order valence-electron chi connectivity index (χ4n) is 2.81. The van der Waals surface area contributed by atoms with E-state index in [0.717, 1.165) is 22.4 Å². The van der Waals surface area contributed by atoms with Gasteiger partial charge in [-0.25, -0.2) is 4.79 Å². The molecule has 6 nitrogen and oxygen atoms in total. The van der Waals surface area contributed by atoms with Crippen molar-refractivity contribution in [3.05, 3.63) is 95.6 Å². The number of carbonyl (C=O) groups is 1. The molecule has 146 valence electrons. The van der Waals surface area contributed by atoms with Crippen molar-refractivity contribution in [1.29, 1.82) is 5.41 Å². The van der Waals surface area contributed by atoms with Crippen LogP contribution in [0, 0.1) is 5.41 Å². The summed E-state index contributed by atoms with van der Waals surface area (Å²) in [6.45, 7) is 1.91. The van der Waals surface area contributed by atoms with E-state index in [9.17, 15) is 4.79 Å². The van der Waals surface area contributed by atoms with Crippen molar-refractivity contribution in [1.82, 2.24) is 5.43 Å². The van der Waals surface area contributed by atoms with Crippen LogP contribution in [0.5, 0.6) is 0 Å². The zero-order valence-electron chi connectivity index (χ0n) is 16.4. The zero-order chi connectivity index (χ0) is 20.6. The molecule has 0 bridgehead atoms. The highest BCUT2D eigenvalue weighted by molar-refractivity contribution is 6.11.